The number of hydrogen-bond donors (Lipinski definition) is 2. The first-order valence-corrected chi connectivity index (χ1v) is 10.9. The van der Waals surface area contributed by atoms with Crippen LogP contribution in [0.5, 0.6) is 0 Å². The summed E-state index contributed by atoms with van der Waals surface area (Å²) < 4.78 is 1.44. The lowest BCUT2D eigenvalue weighted by molar-refractivity contribution is 0.543. The van der Waals surface area contributed by atoms with E-state index >= 15 is 0 Å². The SMILES string of the molecule is CCCCCCCC/C=C\CCCCCCCCn1c(N)cc(=O)[nH]c1=O. The fourth-order valence-electron chi connectivity index (χ4n) is 3.29. The number of aromatic nitrogens is 2. The number of nitrogens with two attached hydrogens (primary N) is 1. The van der Waals surface area contributed by atoms with E-state index in [0.29, 0.717) is 6.54 Å². The van der Waals surface area contributed by atoms with Gasteiger partial charge in [-0.05, 0) is 32.1 Å². The molecule has 0 saturated heterocycles. The summed E-state index contributed by atoms with van der Waals surface area (Å²) in [6.45, 7) is 2.83. The molecule has 154 valence electrons. The fourth-order valence-corrected chi connectivity index (χ4v) is 3.29. The smallest absolute Gasteiger partial charge is 0.329 e. The summed E-state index contributed by atoms with van der Waals surface area (Å²) in [5.74, 6) is 0.247. The van der Waals surface area contributed by atoms with E-state index in [9.17, 15) is 9.59 Å². The van der Waals surface area contributed by atoms with E-state index in [-0.39, 0.29) is 5.82 Å². The van der Waals surface area contributed by atoms with Crippen LogP contribution in [-0.2, 0) is 6.54 Å². The maximum Gasteiger partial charge on any atom is 0.329 e. The lowest BCUT2D eigenvalue weighted by atomic mass is 10.1. The maximum atomic E-state index is 11.7. The number of aromatic amines is 1. The molecule has 1 rings (SSSR count). The average molecular weight is 378 g/mol. The average Bonchev–Trinajstić information content (AvgIpc) is 2.63. The Hall–Kier alpha value is -1.78. The molecule has 5 nitrogen and oxygen atoms in total. The summed E-state index contributed by atoms with van der Waals surface area (Å²) in [6, 6.07) is 1.27. The third kappa shape index (κ3) is 11.5. The molecule has 1 aromatic rings. The van der Waals surface area contributed by atoms with Crippen molar-refractivity contribution in [3.63, 3.8) is 0 Å². The molecular weight excluding hydrogens is 338 g/mol. The Bertz CT molecular complexity index is 631. The van der Waals surface area contributed by atoms with E-state index in [2.05, 4.69) is 24.1 Å². The van der Waals surface area contributed by atoms with E-state index in [4.69, 9.17) is 5.73 Å². The van der Waals surface area contributed by atoms with Gasteiger partial charge in [-0.15, -0.1) is 0 Å². The predicted molar refractivity (Wildman–Crippen MR) is 115 cm³/mol. The van der Waals surface area contributed by atoms with Crippen LogP contribution in [0.1, 0.15) is 96.8 Å². The Morgan fingerprint density at radius 1 is 0.852 bits per heavy atom. The van der Waals surface area contributed by atoms with Gasteiger partial charge >= 0.3 is 5.69 Å². The van der Waals surface area contributed by atoms with Crippen molar-refractivity contribution in [3.05, 3.63) is 39.1 Å². The minimum atomic E-state index is -0.435. The second-order valence-electron chi connectivity index (χ2n) is 7.45. The zero-order valence-corrected chi connectivity index (χ0v) is 17.2. The minimum absolute atomic E-state index is 0.247. The van der Waals surface area contributed by atoms with Crippen LogP contribution in [0.3, 0.4) is 0 Å². The van der Waals surface area contributed by atoms with E-state index in [1.165, 1.54) is 87.7 Å². The van der Waals surface area contributed by atoms with E-state index in [1.54, 1.807) is 0 Å². The topological polar surface area (TPSA) is 80.9 Å². The summed E-state index contributed by atoms with van der Waals surface area (Å²) >= 11 is 0. The van der Waals surface area contributed by atoms with Crippen LogP contribution in [0, 0.1) is 0 Å². The first-order valence-electron chi connectivity index (χ1n) is 10.9. The van der Waals surface area contributed by atoms with Gasteiger partial charge < -0.3 is 5.73 Å². The molecule has 0 saturated carbocycles. The Balaban J connectivity index is 1.93. The van der Waals surface area contributed by atoms with Crippen molar-refractivity contribution < 1.29 is 0 Å². The van der Waals surface area contributed by atoms with Crippen LogP contribution in [-0.4, -0.2) is 9.55 Å². The molecule has 0 amide bonds. The van der Waals surface area contributed by atoms with Gasteiger partial charge in [-0.1, -0.05) is 76.9 Å². The second-order valence-corrected chi connectivity index (χ2v) is 7.45. The summed E-state index contributed by atoms with van der Waals surface area (Å²) in [4.78, 5) is 25.1. The molecule has 0 spiro atoms. The Labute approximate surface area is 164 Å². The van der Waals surface area contributed by atoms with Gasteiger partial charge in [0.1, 0.15) is 5.82 Å². The third-order valence-corrected chi connectivity index (χ3v) is 4.96. The van der Waals surface area contributed by atoms with Crippen molar-refractivity contribution in [3.8, 4) is 0 Å². The van der Waals surface area contributed by atoms with E-state index in [1.807, 2.05) is 0 Å². The van der Waals surface area contributed by atoms with Crippen molar-refractivity contribution >= 4 is 5.82 Å². The van der Waals surface area contributed by atoms with E-state index in [0.717, 1.165) is 12.8 Å². The summed E-state index contributed by atoms with van der Waals surface area (Å²) in [5.41, 5.74) is 4.88. The molecule has 1 aromatic heterocycles. The van der Waals surface area contributed by atoms with Gasteiger partial charge in [0.15, 0.2) is 0 Å². The zero-order chi connectivity index (χ0) is 19.7. The highest BCUT2D eigenvalue weighted by atomic mass is 16.2. The third-order valence-electron chi connectivity index (χ3n) is 4.96. The number of nitrogen functional groups attached to an aromatic ring is 1. The van der Waals surface area contributed by atoms with Crippen molar-refractivity contribution in [1.29, 1.82) is 0 Å². The summed E-state index contributed by atoms with van der Waals surface area (Å²) in [7, 11) is 0. The lowest BCUT2D eigenvalue weighted by Crippen LogP contribution is -2.31. The summed E-state index contributed by atoms with van der Waals surface area (Å²) in [5, 5.41) is 0. The van der Waals surface area contributed by atoms with Crippen LogP contribution >= 0.6 is 0 Å². The molecule has 0 radical (unpaired) electrons. The van der Waals surface area contributed by atoms with Gasteiger partial charge in [-0.2, -0.15) is 0 Å². The molecule has 0 atom stereocenters. The number of allylic oxidation sites excluding steroid dienone is 2. The summed E-state index contributed by atoms with van der Waals surface area (Å²) in [6.07, 6.45) is 22.3. The van der Waals surface area contributed by atoms with Crippen LogP contribution in [0.15, 0.2) is 27.8 Å². The zero-order valence-electron chi connectivity index (χ0n) is 17.2. The predicted octanol–water partition coefficient (Wildman–Crippen LogP) is 5.16. The first-order chi connectivity index (χ1) is 13.1. The highest BCUT2D eigenvalue weighted by Gasteiger charge is 2.02. The second kappa shape index (κ2) is 15.3. The van der Waals surface area contributed by atoms with Gasteiger partial charge in [-0.25, -0.2) is 4.79 Å². The molecule has 0 aromatic carbocycles. The number of rotatable bonds is 16. The van der Waals surface area contributed by atoms with Crippen molar-refractivity contribution in [2.24, 2.45) is 0 Å². The normalized spacial score (nSPS) is 11.4. The van der Waals surface area contributed by atoms with Gasteiger partial charge in [0.2, 0.25) is 0 Å². The standard InChI is InChI=1S/C22H39N3O2/c1-2-3-4-5-6-7-8-9-10-11-12-13-14-15-16-17-18-25-20(23)19-21(26)24-22(25)27/h9-10,19H,2-8,11-18,23H2,1H3,(H,24,26,27)/b10-9-. The Morgan fingerprint density at radius 3 is 1.93 bits per heavy atom. The van der Waals surface area contributed by atoms with Gasteiger partial charge in [0, 0.05) is 12.6 Å². The van der Waals surface area contributed by atoms with Crippen molar-refractivity contribution in [2.75, 3.05) is 5.73 Å². The van der Waals surface area contributed by atoms with Crippen LogP contribution in [0.25, 0.3) is 0 Å². The van der Waals surface area contributed by atoms with Crippen molar-refractivity contribution in [1.82, 2.24) is 9.55 Å². The number of unbranched alkanes of at least 4 members (excludes halogenated alkanes) is 12. The number of hydrogen-bond acceptors (Lipinski definition) is 3. The largest absolute Gasteiger partial charge is 0.385 e. The maximum absolute atomic E-state index is 11.7. The minimum Gasteiger partial charge on any atom is -0.385 e. The Kier molecular flexibility index (Phi) is 13.2. The van der Waals surface area contributed by atoms with Crippen LogP contribution in [0.4, 0.5) is 5.82 Å². The highest BCUT2D eigenvalue weighted by Crippen LogP contribution is 2.10. The van der Waals surface area contributed by atoms with Crippen LogP contribution < -0.4 is 17.0 Å². The van der Waals surface area contributed by atoms with Gasteiger partial charge in [0.05, 0.1) is 0 Å². The molecule has 0 fully saturated rings. The van der Waals surface area contributed by atoms with Gasteiger partial charge in [-0.3, -0.25) is 14.3 Å². The molecular formula is C22H39N3O2. The van der Waals surface area contributed by atoms with Crippen molar-refractivity contribution in [2.45, 2.75) is 103 Å². The number of nitrogens with zero attached hydrogens (tertiary/aromatic N) is 1. The molecule has 0 aliphatic heterocycles. The molecule has 0 unspecified atom stereocenters. The lowest BCUT2D eigenvalue weighted by Gasteiger charge is -2.07. The molecule has 0 bridgehead atoms. The fraction of sp³-hybridized carbons (Fsp3) is 0.727. The first kappa shape index (κ1) is 23.3. The quantitative estimate of drug-likeness (QED) is 0.308. The van der Waals surface area contributed by atoms with Gasteiger partial charge in [0.25, 0.3) is 5.56 Å². The number of H-pyrrole nitrogens is 1. The Morgan fingerprint density at radius 2 is 1.37 bits per heavy atom. The highest BCUT2D eigenvalue weighted by molar-refractivity contribution is 5.25. The van der Waals surface area contributed by atoms with Crippen LogP contribution in [0.2, 0.25) is 0 Å². The molecule has 0 aliphatic carbocycles. The number of anilines is 1. The molecule has 27 heavy (non-hydrogen) atoms. The molecule has 0 aliphatic rings. The molecule has 1 heterocycles. The molecule has 5 heteroatoms. The molecule has 3 N–H and O–H groups in total. The van der Waals surface area contributed by atoms with E-state index < -0.39 is 11.2 Å². The monoisotopic (exact) mass is 377 g/mol. The number of nitrogens with one attached hydrogen (secondary N) is 1.